The van der Waals surface area contributed by atoms with Gasteiger partial charge in [0.25, 0.3) is 0 Å². The van der Waals surface area contributed by atoms with E-state index >= 15 is 0 Å². The predicted octanol–water partition coefficient (Wildman–Crippen LogP) is 22.9. The number of rotatable bonds is 12. The zero-order valence-corrected chi connectivity index (χ0v) is 78.6. The number of furan rings is 3. The van der Waals surface area contributed by atoms with Crippen molar-refractivity contribution in [2.24, 2.45) is 5.92 Å². The topological polar surface area (TPSA) is 155 Å². The third-order valence-electron chi connectivity index (χ3n) is 19.9. The first-order chi connectivity index (χ1) is 56.2. The molecule has 12 heterocycles. The van der Waals surface area contributed by atoms with Crippen molar-refractivity contribution in [1.29, 1.82) is 0 Å². The van der Waals surface area contributed by atoms with E-state index < -0.39 is 24.2 Å². The molecule has 12 aromatic heterocycles. The number of benzene rings is 7. The summed E-state index contributed by atoms with van der Waals surface area (Å²) >= 11 is 0. The van der Waals surface area contributed by atoms with Crippen LogP contribution in [0, 0.1) is 56.3 Å². The molecule has 0 saturated carbocycles. The normalized spacial score (nSPS) is 11.1. The number of aromatic nitrogens is 9. The van der Waals surface area contributed by atoms with Gasteiger partial charge in [-0.25, -0.2) is 9.97 Å². The van der Waals surface area contributed by atoms with Gasteiger partial charge in [0.2, 0.25) is 11.4 Å². The van der Waals surface area contributed by atoms with E-state index in [1.807, 2.05) is 208 Å². The maximum Gasteiger partial charge on any atom is 0.216 e. The van der Waals surface area contributed by atoms with Gasteiger partial charge >= 0.3 is 0 Å². The van der Waals surface area contributed by atoms with Crippen LogP contribution < -0.4 is 20.7 Å². The van der Waals surface area contributed by atoms with Crippen molar-refractivity contribution >= 4 is 111 Å². The Labute approximate surface area is 740 Å². The molecule has 12 nitrogen and oxygen atoms in total. The Bertz CT molecular complexity index is 6170. The van der Waals surface area contributed by atoms with E-state index in [2.05, 4.69) is 234 Å². The molecule has 0 N–H and O–H groups in total. The minimum atomic E-state index is -1.88. The summed E-state index contributed by atoms with van der Waals surface area (Å²) < 4.78 is 17.7. The second-order valence-electron chi connectivity index (χ2n) is 31.4. The van der Waals surface area contributed by atoms with Crippen molar-refractivity contribution < 1.29 is 73.6 Å². The van der Waals surface area contributed by atoms with Crippen LogP contribution in [0.2, 0.25) is 52.4 Å². The molecule has 0 aliphatic rings. The van der Waals surface area contributed by atoms with Crippen LogP contribution in [0.15, 0.2) is 318 Å². The Morgan fingerprint density at radius 1 is 0.336 bits per heavy atom. The molecule has 0 atom stereocenters. The quantitative estimate of drug-likeness (QED) is 0.0844. The van der Waals surface area contributed by atoms with Crippen LogP contribution in [0.3, 0.4) is 0 Å². The van der Waals surface area contributed by atoms with E-state index in [-0.39, 0.29) is 60.3 Å². The van der Waals surface area contributed by atoms with Gasteiger partial charge in [-0.05, 0) is 135 Å². The van der Waals surface area contributed by atoms with Crippen LogP contribution in [0.25, 0.3) is 134 Å². The predicted molar refractivity (Wildman–Crippen MR) is 483 cm³/mol. The molecule has 0 aliphatic heterocycles. The van der Waals surface area contributed by atoms with Crippen LogP contribution in [0.5, 0.6) is 0 Å². The number of fused-ring (bicyclic) bond motifs is 9. The first-order valence-electron chi connectivity index (χ1n) is 38.9. The van der Waals surface area contributed by atoms with Gasteiger partial charge in [0.15, 0.2) is 0 Å². The Kier molecular flexibility index (Phi) is 30.2. The number of pyridine rings is 9. The third-order valence-corrected chi connectivity index (χ3v) is 27.5. The van der Waals surface area contributed by atoms with E-state index in [1.54, 1.807) is 18.6 Å². The summed E-state index contributed by atoms with van der Waals surface area (Å²) in [6.45, 7) is 27.4. The van der Waals surface area contributed by atoms with Gasteiger partial charge in [-0.3, -0.25) is 0 Å². The summed E-state index contributed by atoms with van der Waals surface area (Å²) in [5.74, 6) is 0.555. The molecule has 0 unspecified atom stereocenters. The summed E-state index contributed by atoms with van der Waals surface area (Å²) in [5.41, 5.74) is 19.7. The molecule has 7 aromatic carbocycles. The average molecular weight is 2140 g/mol. The van der Waals surface area contributed by atoms with Crippen LogP contribution in [-0.2, 0) is 66.7 Å². The number of aryl methyl sites for hydroxylation is 2. The molecular weight excluding hydrogens is 2050 g/mol. The van der Waals surface area contributed by atoms with Crippen molar-refractivity contribution in [2.45, 2.75) is 86.5 Å². The van der Waals surface area contributed by atoms with E-state index in [4.69, 9.17) is 18.2 Å². The number of hydrogen-bond donors (Lipinski definition) is 0. The van der Waals surface area contributed by atoms with Gasteiger partial charge in [0, 0.05) is 126 Å². The molecule has 19 aromatic rings. The molecule has 3 radical (unpaired) electrons. The van der Waals surface area contributed by atoms with E-state index in [0.717, 1.165) is 123 Å². The summed E-state index contributed by atoms with van der Waals surface area (Å²) in [7, 11) is -4.53. The van der Waals surface area contributed by atoms with Crippen LogP contribution in [-0.4, -0.2) is 69.1 Å². The molecule has 0 bridgehead atoms. The monoisotopic (exact) mass is 2140 g/mol. The summed E-state index contributed by atoms with van der Waals surface area (Å²) in [5, 5.41) is 11.8. The summed E-state index contributed by atoms with van der Waals surface area (Å²) in [6, 6.07) is 101. The molecule has 18 heteroatoms. The summed E-state index contributed by atoms with van der Waals surface area (Å²) in [4.78, 5) is 40.1. The van der Waals surface area contributed by atoms with Gasteiger partial charge in [-0.15, -0.1) is 161 Å². The van der Waals surface area contributed by atoms with E-state index in [1.165, 1.54) is 37.4 Å². The molecule has 0 saturated heterocycles. The Hall–Kier alpha value is -11.1. The van der Waals surface area contributed by atoms with Crippen molar-refractivity contribution in [3.05, 3.63) is 358 Å². The zero-order chi connectivity index (χ0) is 80.8. The molecule has 0 fully saturated rings. The Morgan fingerprint density at radius 3 is 1.36 bits per heavy atom. The minimum absolute atomic E-state index is 0. The Balaban J connectivity index is 0.000000144. The first kappa shape index (κ1) is 88.7. The van der Waals surface area contributed by atoms with Gasteiger partial charge < -0.3 is 48.1 Å². The van der Waals surface area contributed by atoms with Gasteiger partial charge in [-0.2, -0.15) is 0 Å². The first-order valence-corrected chi connectivity index (χ1v) is 48.9. The van der Waals surface area contributed by atoms with Gasteiger partial charge in [0.05, 0.1) is 27.3 Å². The molecular formula is C101H89Ir3N9O3Si3-6. The second kappa shape index (κ2) is 40.6. The molecule has 601 valence electrons. The average Bonchev–Trinajstić information content (AvgIpc) is 1.56. The van der Waals surface area contributed by atoms with Crippen LogP contribution in [0.1, 0.15) is 30.5 Å². The summed E-state index contributed by atoms with van der Waals surface area (Å²) in [6.07, 6.45) is 19.2. The standard InChI is InChI=1S/C28H27N2OSi.2C19H17N2OSi.2C12H10N.C11H8N.3Ir/c1-19(2)16-20-17-25(30-18-26(20)32(3,4)21-10-6-5-7-11-21)24-13-8-12-22-23-14-9-15-29-28(23)31-27(22)24;1-23(2,3)14-7-8-17(21-12-14)13-6-9-18-16(11-13)15-5-4-10-20-19(15)22-18;1-23(2,3)14-8-9-17(20-12-14)13-10-16-15-6-4-5-7-18(15)22-19(16)21-11-13;2*1-10-7-8-12(13-9-10)11-5-3-2-4-6-11;1-2-6-10(7-3-1)11-8-4-5-9-12-11;;;/h5-12,14-15,17-19H,16H2,1-4H3;4-5,7-12H,1-3H3;4-10,12H,1-3H3;2*2-5,7-9H,1H3;1-6,8-9H;;;/q6*-1;;;. The molecule has 0 aliphatic carbocycles. The van der Waals surface area contributed by atoms with E-state index in [0.29, 0.717) is 23.1 Å². The maximum atomic E-state index is 6.15. The molecule has 19 rings (SSSR count). The zero-order valence-electron chi connectivity index (χ0n) is 68.4. The van der Waals surface area contributed by atoms with Crippen LogP contribution >= 0.6 is 0 Å². The van der Waals surface area contributed by atoms with Crippen molar-refractivity contribution in [1.82, 2.24) is 44.9 Å². The van der Waals surface area contributed by atoms with Gasteiger partial charge in [0.1, 0.15) is 19.4 Å². The molecule has 0 spiro atoms. The van der Waals surface area contributed by atoms with Crippen LogP contribution in [0.4, 0.5) is 0 Å². The van der Waals surface area contributed by atoms with Crippen molar-refractivity contribution in [3.63, 3.8) is 0 Å². The van der Waals surface area contributed by atoms with Gasteiger partial charge in [-0.1, -0.05) is 209 Å². The Morgan fingerprint density at radius 2 is 0.824 bits per heavy atom. The fraction of sp³-hybridized carbons (Fsp3) is 0.139. The van der Waals surface area contributed by atoms with Crippen molar-refractivity contribution in [2.75, 3.05) is 0 Å². The maximum absolute atomic E-state index is 6.15. The van der Waals surface area contributed by atoms with E-state index in [9.17, 15) is 0 Å². The fourth-order valence-electron chi connectivity index (χ4n) is 13.4. The fourth-order valence-corrected chi connectivity index (χ4v) is 18.2. The molecule has 0 amide bonds. The SMILES string of the molecule is CC(C)Cc1cc(-c2[c-]ccc3c2oc2ncccc23)ncc1[Si](C)(C)c1ccccc1.C[Si](C)(C)c1ccc(-c2[c-]cc3oc4ncccc4c3c2)nc1.C[Si](C)(C)c1ccc(-c2[c-]nc3oc4ccccc4c3c2)nc1.Cc1ccc(-c2[c-]cccc2)nc1.Cc1ccc(-c2[c-]cccc2)nc1.[Ir].[Ir].[Ir].[c-]1ccccc1-c1ccccn1. The number of hydrogen-bond acceptors (Lipinski definition) is 12. The number of para-hydroxylation sites is 1. The van der Waals surface area contributed by atoms with Crippen molar-refractivity contribution in [3.8, 4) is 67.5 Å². The third kappa shape index (κ3) is 22.1. The molecule has 119 heavy (non-hydrogen) atoms. The minimum Gasteiger partial charge on any atom is -0.486 e. The largest absolute Gasteiger partial charge is 0.486 e. The number of nitrogens with zero attached hydrogens (tertiary/aromatic N) is 9. The second-order valence-corrected chi connectivity index (χ2v) is 45.9. The smallest absolute Gasteiger partial charge is 0.216 e.